The van der Waals surface area contributed by atoms with E-state index in [1.54, 1.807) is 13.8 Å². The Morgan fingerprint density at radius 1 is 1.35 bits per heavy atom. The van der Waals surface area contributed by atoms with Crippen molar-refractivity contribution in [3.05, 3.63) is 0 Å². The van der Waals surface area contributed by atoms with Crippen molar-refractivity contribution in [2.45, 2.75) is 33.2 Å². The molecule has 1 unspecified atom stereocenters. The normalized spacial score (nSPS) is 11.7. The van der Waals surface area contributed by atoms with Crippen LogP contribution in [0.3, 0.4) is 0 Å². The van der Waals surface area contributed by atoms with Crippen LogP contribution in [0.15, 0.2) is 0 Å². The van der Waals surface area contributed by atoms with Crippen molar-refractivity contribution < 1.29 is 14.3 Å². The first kappa shape index (κ1) is 16.1. The van der Waals surface area contributed by atoms with E-state index in [0.717, 1.165) is 19.6 Å². The Kier molecular flexibility index (Phi) is 9.75. The van der Waals surface area contributed by atoms with Crippen LogP contribution < -0.4 is 10.6 Å². The minimum Gasteiger partial charge on any atom is -0.464 e. The van der Waals surface area contributed by atoms with Crippen LogP contribution in [0.2, 0.25) is 0 Å². The molecule has 0 amide bonds. The van der Waals surface area contributed by atoms with Gasteiger partial charge in [0.05, 0.1) is 6.61 Å². The highest BCUT2D eigenvalue weighted by molar-refractivity contribution is 7.80. The average molecular weight is 262 g/mol. The van der Waals surface area contributed by atoms with Gasteiger partial charge in [0.15, 0.2) is 5.11 Å². The maximum atomic E-state index is 11.3. The molecular formula is C11H22N2O3S. The molecule has 0 spiro atoms. The zero-order valence-electron chi connectivity index (χ0n) is 10.7. The third kappa shape index (κ3) is 8.88. The van der Waals surface area contributed by atoms with Crippen LogP contribution in [0.5, 0.6) is 0 Å². The smallest absolute Gasteiger partial charge is 0.328 e. The molecule has 0 aromatic rings. The molecule has 6 heteroatoms. The lowest BCUT2D eigenvalue weighted by molar-refractivity contribution is -0.144. The van der Waals surface area contributed by atoms with Gasteiger partial charge in [-0.05, 0) is 39.4 Å². The fourth-order valence-corrected chi connectivity index (χ4v) is 1.37. The summed E-state index contributed by atoms with van der Waals surface area (Å²) in [6.45, 7) is 7.98. The summed E-state index contributed by atoms with van der Waals surface area (Å²) in [6.07, 6.45) is 0.878. The standard InChI is InChI=1S/C11H22N2O3S/c1-4-15-8-6-7-12-11(17)13-9(3)10(14)16-5-2/h9H,4-8H2,1-3H3,(H2,12,13,17). The highest BCUT2D eigenvalue weighted by atomic mass is 32.1. The maximum Gasteiger partial charge on any atom is 0.328 e. The summed E-state index contributed by atoms with van der Waals surface area (Å²) in [4.78, 5) is 11.3. The number of nitrogens with one attached hydrogen (secondary N) is 2. The average Bonchev–Trinajstić information content (AvgIpc) is 2.29. The molecule has 0 aromatic carbocycles. The zero-order valence-corrected chi connectivity index (χ0v) is 11.6. The number of esters is 1. The topological polar surface area (TPSA) is 59.6 Å². The van der Waals surface area contributed by atoms with Crippen LogP contribution in [0.1, 0.15) is 27.2 Å². The molecule has 0 fully saturated rings. The van der Waals surface area contributed by atoms with Gasteiger partial charge in [0.2, 0.25) is 0 Å². The van der Waals surface area contributed by atoms with Gasteiger partial charge in [0.1, 0.15) is 6.04 Å². The van der Waals surface area contributed by atoms with E-state index < -0.39 is 6.04 Å². The first-order valence-electron chi connectivity index (χ1n) is 5.90. The molecule has 0 saturated carbocycles. The van der Waals surface area contributed by atoms with Crippen molar-refractivity contribution in [2.24, 2.45) is 0 Å². The zero-order chi connectivity index (χ0) is 13.1. The molecular weight excluding hydrogens is 240 g/mol. The third-order valence-electron chi connectivity index (χ3n) is 1.94. The number of carbonyl (C=O) groups excluding carboxylic acids is 1. The van der Waals surface area contributed by atoms with Crippen molar-refractivity contribution in [3.8, 4) is 0 Å². The summed E-state index contributed by atoms with van der Waals surface area (Å²) in [5.41, 5.74) is 0. The van der Waals surface area contributed by atoms with Gasteiger partial charge in [-0.2, -0.15) is 0 Å². The van der Waals surface area contributed by atoms with Crippen LogP contribution in [0.25, 0.3) is 0 Å². The monoisotopic (exact) mass is 262 g/mol. The van der Waals surface area contributed by atoms with Gasteiger partial charge in [0, 0.05) is 19.8 Å². The van der Waals surface area contributed by atoms with E-state index in [2.05, 4.69) is 10.6 Å². The van der Waals surface area contributed by atoms with Crippen LogP contribution in [0.4, 0.5) is 0 Å². The van der Waals surface area contributed by atoms with E-state index >= 15 is 0 Å². The highest BCUT2D eigenvalue weighted by Gasteiger charge is 2.13. The molecule has 0 rings (SSSR count). The molecule has 0 aliphatic heterocycles. The molecule has 1 atom stereocenters. The van der Waals surface area contributed by atoms with Crippen LogP contribution >= 0.6 is 12.2 Å². The first-order chi connectivity index (χ1) is 8.11. The lowest BCUT2D eigenvalue weighted by Gasteiger charge is -2.15. The van der Waals surface area contributed by atoms with E-state index in [-0.39, 0.29) is 5.97 Å². The highest BCUT2D eigenvalue weighted by Crippen LogP contribution is 1.88. The Morgan fingerprint density at radius 2 is 2.06 bits per heavy atom. The quantitative estimate of drug-likeness (QED) is 0.384. The van der Waals surface area contributed by atoms with E-state index in [4.69, 9.17) is 21.7 Å². The summed E-state index contributed by atoms with van der Waals surface area (Å²) in [5, 5.41) is 6.32. The number of thiocarbonyl (C=S) groups is 1. The molecule has 0 bridgehead atoms. The van der Waals surface area contributed by atoms with Gasteiger partial charge in [0.25, 0.3) is 0 Å². The SMILES string of the molecule is CCOCCCNC(=S)NC(C)C(=O)OCC. The number of ether oxygens (including phenoxy) is 2. The Morgan fingerprint density at radius 3 is 2.65 bits per heavy atom. The van der Waals surface area contributed by atoms with Gasteiger partial charge in [-0.1, -0.05) is 0 Å². The van der Waals surface area contributed by atoms with Crippen molar-refractivity contribution in [3.63, 3.8) is 0 Å². The van der Waals surface area contributed by atoms with Crippen molar-refractivity contribution in [1.29, 1.82) is 0 Å². The Balaban J connectivity index is 3.60. The number of rotatable bonds is 8. The van der Waals surface area contributed by atoms with Gasteiger partial charge < -0.3 is 20.1 Å². The van der Waals surface area contributed by atoms with Crippen molar-refractivity contribution in [1.82, 2.24) is 10.6 Å². The molecule has 0 saturated heterocycles. The lowest BCUT2D eigenvalue weighted by atomic mass is 10.3. The van der Waals surface area contributed by atoms with Crippen LogP contribution in [0, 0.1) is 0 Å². The van der Waals surface area contributed by atoms with Crippen LogP contribution in [-0.2, 0) is 14.3 Å². The van der Waals surface area contributed by atoms with E-state index in [1.165, 1.54) is 0 Å². The minimum atomic E-state index is -0.429. The van der Waals surface area contributed by atoms with E-state index in [1.807, 2.05) is 6.92 Å². The largest absolute Gasteiger partial charge is 0.464 e. The predicted molar refractivity (Wildman–Crippen MR) is 70.9 cm³/mol. The summed E-state index contributed by atoms with van der Waals surface area (Å²) < 4.78 is 10.0. The lowest BCUT2D eigenvalue weighted by Crippen LogP contribution is -2.45. The second-order valence-electron chi connectivity index (χ2n) is 3.42. The second kappa shape index (κ2) is 10.3. The van der Waals surface area contributed by atoms with Gasteiger partial charge in [-0.15, -0.1) is 0 Å². The Hall–Kier alpha value is -0.880. The number of carbonyl (C=O) groups is 1. The Bertz CT molecular complexity index is 237. The van der Waals surface area contributed by atoms with Gasteiger partial charge in [-0.25, -0.2) is 4.79 Å². The molecule has 0 aliphatic carbocycles. The van der Waals surface area contributed by atoms with Gasteiger partial charge >= 0.3 is 5.97 Å². The molecule has 0 heterocycles. The fraction of sp³-hybridized carbons (Fsp3) is 0.818. The second-order valence-corrected chi connectivity index (χ2v) is 3.83. The number of hydrogen-bond acceptors (Lipinski definition) is 4. The first-order valence-corrected chi connectivity index (χ1v) is 6.31. The van der Waals surface area contributed by atoms with E-state index in [0.29, 0.717) is 18.3 Å². The van der Waals surface area contributed by atoms with Crippen molar-refractivity contribution in [2.75, 3.05) is 26.4 Å². The Labute approximate surface area is 108 Å². The summed E-state index contributed by atoms with van der Waals surface area (Å²) in [7, 11) is 0. The maximum absolute atomic E-state index is 11.3. The summed E-state index contributed by atoms with van der Waals surface area (Å²) in [6, 6.07) is -0.429. The molecule has 5 nitrogen and oxygen atoms in total. The molecule has 100 valence electrons. The fourth-order valence-electron chi connectivity index (χ4n) is 1.09. The summed E-state index contributed by atoms with van der Waals surface area (Å²) in [5.74, 6) is -0.300. The number of hydrogen-bond donors (Lipinski definition) is 2. The molecule has 0 aromatic heterocycles. The summed E-state index contributed by atoms with van der Waals surface area (Å²) >= 11 is 5.04. The molecule has 0 radical (unpaired) electrons. The molecule has 0 aliphatic rings. The van der Waals surface area contributed by atoms with Gasteiger partial charge in [-0.3, -0.25) is 0 Å². The molecule has 17 heavy (non-hydrogen) atoms. The van der Waals surface area contributed by atoms with E-state index in [9.17, 15) is 4.79 Å². The van der Waals surface area contributed by atoms with Crippen LogP contribution in [-0.4, -0.2) is 43.5 Å². The third-order valence-corrected chi connectivity index (χ3v) is 2.21. The predicted octanol–water partition coefficient (Wildman–Crippen LogP) is 0.829. The molecule has 2 N–H and O–H groups in total. The van der Waals surface area contributed by atoms with Crippen molar-refractivity contribution >= 4 is 23.3 Å². The minimum absolute atomic E-state index is 0.300.